The standard InChI is InChI=1S/C29H41N3O3/c1-35-26-7-3-2-5-23(26)19-31-11-8-24(9-12-31)30-27(33)25-6-4-10-32(25)28(34)29-16-20-13-21(17-29)15-22(14-20)18-29/h2-3,5,7,20-22,24-25H,4,6,8-19H2,1H3,(H,30,33). The molecule has 1 aromatic carbocycles. The number of para-hydroxylation sites is 1. The molecule has 1 atom stereocenters. The molecule has 2 aliphatic heterocycles. The molecule has 35 heavy (non-hydrogen) atoms. The van der Waals surface area contributed by atoms with E-state index in [2.05, 4.69) is 22.3 Å². The van der Waals surface area contributed by atoms with E-state index in [0.29, 0.717) is 5.91 Å². The van der Waals surface area contributed by atoms with E-state index in [9.17, 15) is 9.59 Å². The average molecular weight is 480 g/mol. The van der Waals surface area contributed by atoms with Crippen molar-refractivity contribution >= 4 is 11.8 Å². The van der Waals surface area contributed by atoms with E-state index < -0.39 is 0 Å². The minimum atomic E-state index is -0.262. The van der Waals surface area contributed by atoms with Crippen LogP contribution in [0.3, 0.4) is 0 Å². The van der Waals surface area contributed by atoms with Crippen molar-refractivity contribution in [2.45, 2.75) is 82.8 Å². The molecule has 6 nitrogen and oxygen atoms in total. The molecule has 2 heterocycles. The molecule has 6 aliphatic rings. The average Bonchev–Trinajstić information content (AvgIpc) is 3.34. The number of piperidine rings is 1. The first-order chi connectivity index (χ1) is 17.0. The summed E-state index contributed by atoms with van der Waals surface area (Å²) in [6.45, 7) is 3.56. The van der Waals surface area contributed by atoms with Crippen LogP contribution in [0, 0.1) is 23.2 Å². The third-order valence-corrected chi connectivity index (χ3v) is 9.83. The maximum absolute atomic E-state index is 13.9. The zero-order valence-corrected chi connectivity index (χ0v) is 21.2. The van der Waals surface area contributed by atoms with Gasteiger partial charge in [0.25, 0.3) is 0 Å². The van der Waals surface area contributed by atoms with Crippen LogP contribution >= 0.6 is 0 Å². The Bertz CT molecular complexity index is 919. The van der Waals surface area contributed by atoms with Crippen molar-refractivity contribution in [2.24, 2.45) is 23.2 Å². The number of ether oxygens (including phenoxy) is 1. The van der Waals surface area contributed by atoms with Gasteiger partial charge < -0.3 is 15.0 Å². The molecule has 0 aromatic heterocycles. The number of carbonyl (C=O) groups excluding carboxylic acids is 2. The van der Waals surface area contributed by atoms with Crippen LogP contribution in [0.5, 0.6) is 5.75 Å². The molecule has 1 N–H and O–H groups in total. The highest BCUT2D eigenvalue weighted by Gasteiger charge is 2.56. The Morgan fingerprint density at radius 1 is 0.971 bits per heavy atom. The molecule has 4 aliphatic carbocycles. The van der Waals surface area contributed by atoms with E-state index in [1.54, 1.807) is 7.11 Å². The summed E-state index contributed by atoms with van der Waals surface area (Å²) < 4.78 is 5.51. The lowest BCUT2D eigenvalue weighted by Gasteiger charge is -2.56. The van der Waals surface area contributed by atoms with Crippen LogP contribution in [-0.4, -0.2) is 60.4 Å². The molecule has 190 valence electrons. The molecule has 6 heteroatoms. The van der Waals surface area contributed by atoms with Gasteiger partial charge >= 0.3 is 0 Å². The van der Waals surface area contributed by atoms with E-state index >= 15 is 0 Å². The molecule has 7 rings (SSSR count). The van der Waals surface area contributed by atoms with Gasteiger partial charge in [0.15, 0.2) is 0 Å². The van der Waals surface area contributed by atoms with E-state index in [4.69, 9.17) is 4.74 Å². The van der Waals surface area contributed by atoms with Crippen LogP contribution < -0.4 is 10.1 Å². The molecular formula is C29H41N3O3. The summed E-state index contributed by atoms with van der Waals surface area (Å²) in [7, 11) is 1.72. The zero-order chi connectivity index (χ0) is 24.0. The second kappa shape index (κ2) is 9.42. The summed E-state index contributed by atoms with van der Waals surface area (Å²) in [4.78, 5) is 31.7. The normalized spacial score (nSPS) is 34.8. The van der Waals surface area contributed by atoms with Gasteiger partial charge in [-0.1, -0.05) is 18.2 Å². The van der Waals surface area contributed by atoms with Crippen LogP contribution in [0.1, 0.15) is 69.8 Å². The Hall–Kier alpha value is -2.08. The van der Waals surface area contributed by atoms with Crippen LogP contribution in [0.2, 0.25) is 0 Å². The second-order valence-corrected chi connectivity index (χ2v) is 12.2. The number of likely N-dealkylation sites (tertiary alicyclic amines) is 2. The number of hydrogen-bond donors (Lipinski definition) is 1. The number of carbonyl (C=O) groups is 2. The van der Waals surface area contributed by atoms with Gasteiger partial charge in [-0.15, -0.1) is 0 Å². The predicted molar refractivity (Wildman–Crippen MR) is 135 cm³/mol. The Morgan fingerprint density at radius 3 is 2.29 bits per heavy atom. The summed E-state index contributed by atoms with van der Waals surface area (Å²) in [6.07, 6.45) is 10.9. The molecule has 0 spiro atoms. The fourth-order valence-corrected chi connectivity index (χ4v) is 8.57. The summed E-state index contributed by atoms with van der Waals surface area (Å²) >= 11 is 0. The largest absolute Gasteiger partial charge is 0.496 e. The topological polar surface area (TPSA) is 61.9 Å². The van der Waals surface area contributed by atoms with Crippen molar-refractivity contribution < 1.29 is 14.3 Å². The maximum atomic E-state index is 13.9. The number of nitrogens with one attached hydrogen (secondary N) is 1. The fraction of sp³-hybridized carbons (Fsp3) is 0.724. The Kier molecular flexibility index (Phi) is 6.28. The highest BCUT2D eigenvalue weighted by atomic mass is 16.5. The Labute approximate surface area is 209 Å². The SMILES string of the molecule is COc1ccccc1CN1CCC(NC(=O)C2CCCN2C(=O)C23CC4CC(CC(C4)C2)C3)CC1. The predicted octanol–water partition coefficient (Wildman–Crippen LogP) is 3.98. The smallest absolute Gasteiger partial charge is 0.243 e. The Balaban J connectivity index is 1.04. The summed E-state index contributed by atoms with van der Waals surface area (Å²) in [5, 5.41) is 3.34. The molecule has 2 amide bonds. The van der Waals surface area contributed by atoms with Crippen LogP contribution in [0.4, 0.5) is 0 Å². The lowest BCUT2D eigenvalue weighted by molar-refractivity contribution is -0.160. The molecule has 2 saturated heterocycles. The van der Waals surface area contributed by atoms with E-state index in [1.165, 1.54) is 24.8 Å². The highest BCUT2D eigenvalue weighted by molar-refractivity contribution is 5.91. The van der Waals surface area contributed by atoms with Crippen molar-refractivity contribution in [1.82, 2.24) is 15.1 Å². The lowest BCUT2D eigenvalue weighted by Crippen LogP contribution is -2.58. The first kappa shape index (κ1) is 23.3. The number of hydrogen-bond acceptors (Lipinski definition) is 4. The number of methoxy groups -OCH3 is 1. The number of rotatable bonds is 6. The van der Waals surface area contributed by atoms with Gasteiger partial charge in [-0.3, -0.25) is 14.5 Å². The Morgan fingerprint density at radius 2 is 1.63 bits per heavy atom. The highest BCUT2D eigenvalue weighted by Crippen LogP contribution is 2.60. The van der Waals surface area contributed by atoms with E-state index in [-0.39, 0.29) is 23.4 Å². The van der Waals surface area contributed by atoms with Crippen molar-refractivity contribution in [3.63, 3.8) is 0 Å². The summed E-state index contributed by atoms with van der Waals surface area (Å²) in [6, 6.07) is 8.14. The summed E-state index contributed by atoms with van der Waals surface area (Å²) in [5.74, 6) is 3.60. The molecule has 0 radical (unpaired) electrons. The molecule has 1 aromatic rings. The van der Waals surface area contributed by atoms with E-state index in [1.807, 2.05) is 17.0 Å². The molecule has 4 bridgehead atoms. The number of amides is 2. The monoisotopic (exact) mass is 479 g/mol. The van der Waals surface area contributed by atoms with Gasteiger partial charge in [0, 0.05) is 37.8 Å². The fourth-order valence-electron chi connectivity index (χ4n) is 8.57. The minimum Gasteiger partial charge on any atom is -0.496 e. The zero-order valence-electron chi connectivity index (χ0n) is 21.2. The van der Waals surface area contributed by atoms with Crippen molar-refractivity contribution in [2.75, 3.05) is 26.7 Å². The van der Waals surface area contributed by atoms with Crippen LogP contribution in [-0.2, 0) is 16.1 Å². The van der Waals surface area contributed by atoms with Crippen molar-refractivity contribution in [1.29, 1.82) is 0 Å². The minimum absolute atomic E-state index is 0.0868. The number of nitrogens with zero attached hydrogens (tertiary/aromatic N) is 2. The van der Waals surface area contributed by atoms with Gasteiger partial charge in [0.2, 0.25) is 11.8 Å². The maximum Gasteiger partial charge on any atom is 0.243 e. The van der Waals surface area contributed by atoms with E-state index in [0.717, 1.165) is 94.6 Å². The molecular weight excluding hydrogens is 438 g/mol. The van der Waals surface area contributed by atoms with Crippen molar-refractivity contribution in [3.05, 3.63) is 29.8 Å². The first-order valence-corrected chi connectivity index (χ1v) is 14.0. The molecule has 1 unspecified atom stereocenters. The van der Waals surface area contributed by atoms with Gasteiger partial charge in [0.05, 0.1) is 12.5 Å². The van der Waals surface area contributed by atoms with Crippen molar-refractivity contribution in [3.8, 4) is 5.75 Å². The van der Waals surface area contributed by atoms with Gasteiger partial charge in [-0.2, -0.15) is 0 Å². The van der Waals surface area contributed by atoms with Crippen LogP contribution in [0.15, 0.2) is 24.3 Å². The first-order valence-electron chi connectivity index (χ1n) is 14.0. The lowest BCUT2D eigenvalue weighted by atomic mass is 9.49. The molecule has 6 fully saturated rings. The van der Waals surface area contributed by atoms with Gasteiger partial charge in [0.1, 0.15) is 11.8 Å². The quantitative estimate of drug-likeness (QED) is 0.670. The van der Waals surface area contributed by atoms with Gasteiger partial charge in [-0.05, 0) is 88.0 Å². The third kappa shape index (κ3) is 4.47. The third-order valence-electron chi connectivity index (χ3n) is 9.83. The number of benzene rings is 1. The van der Waals surface area contributed by atoms with Crippen LogP contribution in [0.25, 0.3) is 0 Å². The second-order valence-electron chi connectivity index (χ2n) is 12.2. The summed E-state index contributed by atoms with van der Waals surface area (Å²) in [5.41, 5.74) is 1.06. The molecule has 4 saturated carbocycles. The van der Waals surface area contributed by atoms with Gasteiger partial charge in [-0.25, -0.2) is 0 Å².